The molecular weight excluding hydrogens is 246 g/mol. The molecule has 19 heavy (non-hydrogen) atoms. The third-order valence-corrected chi connectivity index (χ3v) is 2.13. The van der Waals surface area contributed by atoms with Gasteiger partial charge in [-0.2, -0.15) is 5.26 Å². The topological polar surface area (TPSA) is 90.2 Å². The van der Waals surface area contributed by atoms with E-state index in [1.54, 1.807) is 6.07 Å². The van der Waals surface area contributed by atoms with Crippen molar-refractivity contribution in [3.05, 3.63) is 53.6 Å². The summed E-state index contributed by atoms with van der Waals surface area (Å²) in [5.74, 6) is -2.05. The maximum Gasteiger partial charge on any atom is 0.349 e. The summed E-state index contributed by atoms with van der Waals surface area (Å²) in [7, 11) is 0. The Morgan fingerprint density at radius 2 is 2.00 bits per heavy atom. The fourth-order valence-electron chi connectivity index (χ4n) is 1.23. The van der Waals surface area contributed by atoms with Crippen LogP contribution in [0, 0.1) is 11.3 Å². The maximum absolute atomic E-state index is 11.4. The summed E-state index contributed by atoms with van der Waals surface area (Å²) in [6, 6.07) is 7.29. The third kappa shape index (κ3) is 4.13. The average molecular weight is 256 g/mol. The number of carboxylic acid groups (broad SMARTS) is 1. The van der Waals surface area contributed by atoms with E-state index in [1.165, 1.54) is 36.4 Å². The summed E-state index contributed by atoms with van der Waals surface area (Å²) < 4.78 is 4.73. The van der Waals surface area contributed by atoms with Crippen LogP contribution in [0.2, 0.25) is 0 Å². The van der Waals surface area contributed by atoms with Crippen molar-refractivity contribution in [3.63, 3.8) is 0 Å². The number of aromatic carboxylic acids is 1. The molecule has 0 atom stereocenters. The van der Waals surface area contributed by atoms with E-state index in [-0.39, 0.29) is 17.7 Å². The standard InChI is InChI=1S/C14H11NO4/c1-2-7-19-14(18)12(9-15)8-10-3-5-11(6-4-10)13(16)17/h2-6,8H,1,7H2,(H,16,17)/p-1/b12-8+. The molecule has 0 aliphatic carbocycles. The molecular formula is C14H10NO4-. The van der Waals surface area contributed by atoms with E-state index < -0.39 is 11.9 Å². The highest BCUT2D eigenvalue weighted by atomic mass is 16.5. The highest BCUT2D eigenvalue weighted by Gasteiger charge is 2.09. The Labute approximate surface area is 110 Å². The minimum atomic E-state index is -1.29. The van der Waals surface area contributed by atoms with Gasteiger partial charge in [0.05, 0.1) is 5.97 Å². The number of carboxylic acids is 1. The van der Waals surface area contributed by atoms with Crippen molar-refractivity contribution in [1.82, 2.24) is 0 Å². The van der Waals surface area contributed by atoms with Crippen LogP contribution in [0.25, 0.3) is 6.08 Å². The minimum absolute atomic E-state index is 0.0154. The Morgan fingerprint density at radius 1 is 1.37 bits per heavy atom. The molecule has 0 amide bonds. The monoisotopic (exact) mass is 256 g/mol. The third-order valence-electron chi connectivity index (χ3n) is 2.13. The van der Waals surface area contributed by atoms with Crippen LogP contribution >= 0.6 is 0 Å². The molecule has 0 radical (unpaired) electrons. The van der Waals surface area contributed by atoms with Crippen LogP contribution in [0.15, 0.2) is 42.5 Å². The normalized spacial score (nSPS) is 10.4. The fraction of sp³-hybridized carbons (Fsp3) is 0.0714. The van der Waals surface area contributed by atoms with Crippen LogP contribution in [0.3, 0.4) is 0 Å². The number of hydrogen-bond acceptors (Lipinski definition) is 5. The molecule has 0 bridgehead atoms. The van der Waals surface area contributed by atoms with Crippen LogP contribution in [-0.4, -0.2) is 18.5 Å². The Bertz CT molecular complexity index is 564. The van der Waals surface area contributed by atoms with E-state index in [2.05, 4.69) is 6.58 Å². The molecule has 0 aromatic heterocycles. The fourth-order valence-corrected chi connectivity index (χ4v) is 1.23. The number of esters is 1. The first-order valence-electron chi connectivity index (χ1n) is 5.29. The van der Waals surface area contributed by atoms with Crippen molar-refractivity contribution >= 4 is 18.0 Å². The number of carbonyl (C=O) groups is 2. The van der Waals surface area contributed by atoms with E-state index in [9.17, 15) is 14.7 Å². The molecule has 0 N–H and O–H groups in total. The predicted octanol–water partition coefficient (Wildman–Crippen LogP) is 0.686. The predicted molar refractivity (Wildman–Crippen MR) is 65.5 cm³/mol. The van der Waals surface area contributed by atoms with Gasteiger partial charge in [0.25, 0.3) is 0 Å². The number of hydrogen-bond donors (Lipinski definition) is 0. The molecule has 0 saturated carbocycles. The van der Waals surface area contributed by atoms with Gasteiger partial charge in [-0.3, -0.25) is 0 Å². The molecule has 5 nitrogen and oxygen atoms in total. The quantitative estimate of drug-likeness (QED) is 0.334. The smallest absolute Gasteiger partial charge is 0.349 e. The van der Waals surface area contributed by atoms with Crippen LogP contribution in [0.1, 0.15) is 15.9 Å². The highest BCUT2D eigenvalue weighted by Crippen LogP contribution is 2.09. The lowest BCUT2D eigenvalue weighted by Crippen LogP contribution is -2.21. The molecule has 1 rings (SSSR count). The average Bonchev–Trinajstić information content (AvgIpc) is 2.42. The number of nitriles is 1. The van der Waals surface area contributed by atoms with Gasteiger partial charge in [-0.25, -0.2) is 4.79 Å². The van der Waals surface area contributed by atoms with E-state index in [4.69, 9.17) is 10.00 Å². The largest absolute Gasteiger partial charge is 0.545 e. The van der Waals surface area contributed by atoms with Gasteiger partial charge < -0.3 is 14.6 Å². The van der Waals surface area contributed by atoms with Crippen molar-refractivity contribution in [1.29, 1.82) is 5.26 Å². The molecule has 0 aliphatic rings. The zero-order valence-corrected chi connectivity index (χ0v) is 9.96. The van der Waals surface area contributed by atoms with Gasteiger partial charge in [0.2, 0.25) is 0 Å². The van der Waals surface area contributed by atoms with Crippen LogP contribution < -0.4 is 5.11 Å². The Kier molecular flexibility index (Phi) is 5.05. The van der Waals surface area contributed by atoms with Crippen molar-refractivity contribution in [2.45, 2.75) is 0 Å². The number of carbonyl (C=O) groups excluding carboxylic acids is 2. The summed E-state index contributed by atoms with van der Waals surface area (Å²) in [6.07, 6.45) is 2.70. The molecule has 0 spiro atoms. The number of rotatable bonds is 5. The zero-order chi connectivity index (χ0) is 14.3. The van der Waals surface area contributed by atoms with E-state index in [0.717, 1.165) is 0 Å². The first kappa shape index (κ1) is 14.2. The van der Waals surface area contributed by atoms with Crippen LogP contribution in [-0.2, 0) is 9.53 Å². The van der Waals surface area contributed by atoms with Gasteiger partial charge in [-0.05, 0) is 17.2 Å². The maximum atomic E-state index is 11.4. The molecule has 1 aromatic carbocycles. The second-order valence-corrected chi connectivity index (χ2v) is 3.47. The van der Waals surface area contributed by atoms with Crippen molar-refractivity contribution in [2.24, 2.45) is 0 Å². The molecule has 0 aliphatic heterocycles. The van der Waals surface area contributed by atoms with Gasteiger partial charge in [0.15, 0.2) is 0 Å². The van der Waals surface area contributed by atoms with Gasteiger partial charge in [-0.1, -0.05) is 36.9 Å². The molecule has 0 fully saturated rings. The second kappa shape index (κ2) is 6.77. The minimum Gasteiger partial charge on any atom is -0.545 e. The summed E-state index contributed by atoms with van der Waals surface area (Å²) in [5, 5.41) is 19.4. The molecule has 0 unspecified atom stereocenters. The molecule has 0 saturated heterocycles. The number of nitrogens with zero attached hydrogens (tertiary/aromatic N) is 1. The summed E-state index contributed by atoms with van der Waals surface area (Å²) >= 11 is 0. The van der Waals surface area contributed by atoms with E-state index >= 15 is 0 Å². The molecule has 96 valence electrons. The van der Waals surface area contributed by atoms with E-state index in [1.807, 2.05) is 0 Å². The first-order valence-corrected chi connectivity index (χ1v) is 5.29. The summed E-state index contributed by atoms with van der Waals surface area (Å²) in [4.78, 5) is 22.0. The SMILES string of the molecule is C=CCOC(=O)/C(C#N)=C/c1ccc(C(=O)[O-])cc1. The van der Waals surface area contributed by atoms with Crippen molar-refractivity contribution in [2.75, 3.05) is 6.61 Å². The van der Waals surface area contributed by atoms with Gasteiger partial charge in [0, 0.05) is 0 Å². The first-order chi connectivity index (χ1) is 9.08. The van der Waals surface area contributed by atoms with Crippen molar-refractivity contribution < 1.29 is 19.4 Å². The lowest BCUT2D eigenvalue weighted by atomic mass is 10.1. The van der Waals surface area contributed by atoms with Crippen molar-refractivity contribution in [3.8, 4) is 6.07 Å². The van der Waals surface area contributed by atoms with Gasteiger partial charge >= 0.3 is 5.97 Å². The van der Waals surface area contributed by atoms with Crippen LogP contribution in [0.5, 0.6) is 0 Å². The Balaban J connectivity index is 2.92. The summed E-state index contributed by atoms with van der Waals surface area (Å²) in [6.45, 7) is 3.40. The number of benzene rings is 1. The lowest BCUT2D eigenvalue weighted by molar-refractivity contribution is -0.255. The Hall–Kier alpha value is -2.87. The van der Waals surface area contributed by atoms with Gasteiger partial charge in [0.1, 0.15) is 18.2 Å². The molecule has 0 heterocycles. The Morgan fingerprint density at radius 3 is 2.47 bits per heavy atom. The summed E-state index contributed by atoms with van der Waals surface area (Å²) in [5.41, 5.74) is 0.352. The zero-order valence-electron chi connectivity index (χ0n) is 9.96. The van der Waals surface area contributed by atoms with Crippen LogP contribution in [0.4, 0.5) is 0 Å². The number of ether oxygens (including phenoxy) is 1. The lowest BCUT2D eigenvalue weighted by Gasteiger charge is -2.03. The van der Waals surface area contributed by atoms with Gasteiger partial charge in [-0.15, -0.1) is 0 Å². The second-order valence-electron chi connectivity index (χ2n) is 3.47. The van der Waals surface area contributed by atoms with E-state index in [0.29, 0.717) is 5.56 Å². The molecule has 5 heteroatoms. The molecule has 1 aromatic rings. The highest BCUT2D eigenvalue weighted by molar-refractivity contribution is 5.98.